The molecule has 6 nitrogen and oxygen atoms in total. The Morgan fingerprint density at radius 3 is 2.52 bits per heavy atom. The standard InChI is InChI=1S/C18H25BrN2O4/c1-5-25-17(24)12-7-6-8-13(11-12)21-14(22)9-10-20-16(23)15(19)18(2,3)4/h6-8,11,15H,5,9-10H2,1-4H3,(H,20,23)(H,21,22)/t15-/m0/s1. The number of carbonyl (C=O) groups is 3. The first-order valence-corrected chi connectivity index (χ1v) is 9.05. The molecular formula is C18H25BrN2O4. The lowest BCUT2D eigenvalue weighted by Crippen LogP contribution is -2.39. The van der Waals surface area contributed by atoms with Gasteiger partial charge in [-0.15, -0.1) is 0 Å². The van der Waals surface area contributed by atoms with Crippen molar-refractivity contribution in [2.45, 2.75) is 38.9 Å². The monoisotopic (exact) mass is 412 g/mol. The predicted octanol–water partition coefficient (Wildman–Crippen LogP) is 3.12. The molecule has 0 spiro atoms. The summed E-state index contributed by atoms with van der Waals surface area (Å²) in [7, 11) is 0. The summed E-state index contributed by atoms with van der Waals surface area (Å²) >= 11 is 3.36. The number of carbonyl (C=O) groups excluding carboxylic acids is 3. The first-order chi connectivity index (χ1) is 11.6. The molecule has 0 heterocycles. The zero-order chi connectivity index (χ0) is 19.0. The number of amides is 2. The molecule has 1 aromatic rings. The molecule has 0 aliphatic heterocycles. The number of benzene rings is 1. The van der Waals surface area contributed by atoms with Crippen LogP contribution in [0.4, 0.5) is 5.69 Å². The van der Waals surface area contributed by atoms with E-state index in [0.717, 1.165) is 0 Å². The highest BCUT2D eigenvalue weighted by molar-refractivity contribution is 9.10. The molecule has 138 valence electrons. The summed E-state index contributed by atoms with van der Waals surface area (Å²) in [6.45, 7) is 8.12. The number of hydrogen-bond donors (Lipinski definition) is 2. The highest BCUT2D eigenvalue weighted by atomic mass is 79.9. The number of nitrogens with one attached hydrogen (secondary N) is 2. The van der Waals surface area contributed by atoms with E-state index in [0.29, 0.717) is 11.3 Å². The van der Waals surface area contributed by atoms with Crippen LogP contribution in [0.3, 0.4) is 0 Å². The molecule has 0 aliphatic carbocycles. The van der Waals surface area contributed by atoms with Crippen LogP contribution in [0.25, 0.3) is 0 Å². The van der Waals surface area contributed by atoms with Gasteiger partial charge in [-0.05, 0) is 30.5 Å². The second-order valence-electron chi connectivity index (χ2n) is 6.62. The number of ether oxygens (including phenoxy) is 1. The minimum absolute atomic E-state index is 0.138. The zero-order valence-electron chi connectivity index (χ0n) is 15.0. The third kappa shape index (κ3) is 7.25. The van der Waals surface area contributed by atoms with Crippen molar-refractivity contribution < 1.29 is 19.1 Å². The lowest BCUT2D eigenvalue weighted by molar-refractivity contribution is -0.122. The molecule has 25 heavy (non-hydrogen) atoms. The number of esters is 1. The zero-order valence-corrected chi connectivity index (χ0v) is 16.6. The molecule has 1 aromatic carbocycles. The maximum Gasteiger partial charge on any atom is 0.338 e. The maximum absolute atomic E-state index is 12.0. The van der Waals surface area contributed by atoms with Crippen LogP contribution >= 0.6 is 15.9 Å². The van der Waals surface area contributed by atoms with Crippen molar-refractivity contribution >= 4 is 39.4 Å². The second kappa shape index (κ2) is 9.56. The van der Waals surface area contributed by atoms with Crippen LogP contribution in [0.1, 0.15) is 44.5 Å². The summed E-state index contributed by atoms with van der Waals surface area (Å²) < 4.78 is 4.93. The van der Waals surface area contributed by atoms with Gasteiger partial charge in [0.1, 0.15) is 0 Å². The molecule has 0 saturated heterocycles. The fourth-order valence-electron chi connectivity index (χ4n) is 1.94. The first-order valence-electron chi connectivity index (χ1n) is 8.14. The number of rotatable bonds is 7. The van der Waals surface area contributed by atoms with Gasteiger partial charge in [0, 0.05) is 18.7 Å². The van der Waals surface area contributed by atoms with E-state index in [1.165, 1.54) is 0 Å². The topological polar surface area (TPSA) is 84.5 Å². The van der Waals surface area contributed by atoms with Crippen LogP contribution in [0.2, 0.25) is 0 Å². The molecule has 1 rings (SSSR count). The Balaban J connectivity index is 2.49. The highest BCUT2D eigenvalue weighted by Crippen LogP contribution is 2.25. The van der Waals surface area contributed by atoms with Crippen LogP contribution < -0.4 is 10.6 Å². The fourth-order valence-corrected chi connectivity index (χ4v) is 2.11. The Labute approximate surface area is 156 Å². The van der Waals surface area contributed by atoms with E-state index in [1.807, 2.05) is 20.8 Å². The summed E-state index contributed by atoms with van der Waals surface area (Å²) in [6, 6.07) is 6.54. The number of halogens is 1. The van der Waals surface area contributed by atoms with E-state index >= 15 is 0 Å². The van der Waals surface area contributed by atoms with Crippen LogP contribution in [0, 0.1) is 5.41 Å². The van der Waals surface area contributed by atoms with E-state index < -0.39 is 5.97 Å². The Hall–Kier alpha value is -1.89. The second-order valence-corrected chi connectivity index (χ2v) is 7.53. The smallest absolute Gasteiger partial charge is 0.338 e. The summed E-state index contributed by atoms with van der Waals surface area (Å²) in [5.41, 5.74) is 0.676. The maximum atomic E-state index is 12.0. The number of alkyl halides is 1. The summed E-state index contributed by atoms with van der Waals surface area (Å²) in [5.74, 6) is -0.829. The molecule has 1 atom stereocenters. The van der Waals surface area contributed by atoms with Crippen molar-refractivity contribution in [1.29, 1.82) is 0 Å². The quantitative estimate of drug-likeness (QED) is 0.532. The Bertz CT molecular complexity index is 626. The lowest BCUT2D eigenvalue weighted by Gasteiger charge is -2.24. The largest absolute Gasteiger partial charge is 0.462 e. The summed E-state index contributed by atoms with van der Waals surface area (Å²) in [4.78, 5) is 35.3. The van der Waals surface area contributed by atoms with E-state index in [-0.39, 0.29) is 41.6 Å². The van der Waals surface area contributed by atoms with Gasteiger partial charge < -0.3 is 15.4 Å². The van der Waals surface area contributed by atoms with Crippen LogP contribution in [0.15, 0.2) is 24.3 Å². The van der Waals surface area contributed by atoms with Gasteiger partial charge in [0.05, 0.1) is 17.0 Å². The van der Waals surface area contributed by atoms with Crippen LogP contribution in [-0.4, -0.2) is 35.8 Å². The predicted molar refractivity (Wildman–Crippen MR) is 101 cm³/mol. The van der Waals surface area contributed by atoms with Gasteiger partial charge in [0.2, 0.25) is 11.8 Å². The van der Waals surface area contributed by atoms with Crippen molar-refractivity contribution in [1.82, 2.24) is 5.32 Å². The summed E-state index contributed by atoms with van der Waals surface area (Å²) in [6.07, 6.45) is 0.138. The van der Waals surface area contributed by atoms with Crippen LogP contribution in [0.5, 0.6) is 0 Å². The minimum atomic E-state index is -0.434. The van der Waals surface area contributed by atoms with Gasteiger partial charge in [-0.1, -0.05) is 42.8 Å². The molecule has 2 N–H and O–H groups in total. The SMILES string of the molecule is CCOC(=O)c1cccc(NC(=O)CCNC(=O)[C@H](Br)C(C)(C)C)c1. The normalized spacial score (nSPS) is 12.2. The third-order valence-electron chi connectivity index (χ3n) is 3.30. The molecule has 0 fully saturated rings. The van der Waals surface area contributed by atoms with Gasteiger partial charge >= 0.3 is 5.97 Å². The molecule has 2 amide bonds. The lowest BCUT2D eigenvalue weighted by atomic mass is 9.92. The van der Waals surface area contributed by atoms with Crippen molar-refractivity contribution in [2.24, 2.45) is 5.41 Å². The van der Waals surface area contributed by atoms with Gasteiger partial charge in [0.25, 0.3) is 0 Å². The molecule has 0 saturated carbocycles. The Morgan fingerprint density at radius 2 is 1.92 bits per heavy atom. The van der Waals surface area contributed by atoms with Gasteiger partial charge in [-0.25, -0.2) is 4.79 Å². The number of anilines is 1. The van der Waals surface area contributed by atoms with Crippen molar-refractivity contribution in [3.05, 3.63) is 29.8 Å². The van der Waals surface area contributed by atoms with E-state index in [4.69, 9.17) is 4.74 Å². The van der Waals surface area contributed by atoms with Crippen LogP contribution in [-0.2, 0) is 14.3 Å². The van der Waals surface area contributed by atoms with Crippen molar-refractivity contribution in [3.8, 4) is 0 Å². The molecular weight excluding hydrogens is 388 g/mol. The average molecular weight is 413 g/mol. The average Bonchev–Trinajstić information content (AvgIpc) is 2.53. The van der Waals surface area contributed by atoms with E-state index in [1.54, 1.807) is 31.2 Å². The Kier molecular flexibility index (Phi) is 8.09. The molecule has 0 aliphatic rings. The minimum Gasteiger partial charge on any atom is -0.462 e. The molecule has 7 heteroatoms. The first kappa shape index (κ1) is 21.2. The van der Waals surface area contributed by atoms with E-state index in [2.05, 4.69) is 26.6 Å². The Morgan fingerprint density at radius 1 is 1.24 bits per heavy atom. The van der Waals surface area contributed by atoms with Gasteiger partial charge in [-0.3, -0.25) is 9.59 Å². The van der Waals surface area contributed by atoms with Crippen molar-refractivity contribution in [2.75, 3.05) is 18.5 Å². The fraction of sp³-hybridized carbons (Fsp3) is 0.500. The number of hydrogen-bond acceptors (Lipinski definition) is 4. The third-order valence-corrected chi connectivity index (χ3v) is 5.09. The van der Waals surface area contributed by atoms with E-state index in [9.17, 15) is 14.4 Å². The molecule has 0 bridgehead atoms. The molecule has 0 aromatic heterocycles. The summed E-state index contributed by atoms with van der Waals surface area (Å²) in [5, 5.41) is 5.43. The van der Waals surface area contributed by atoms with Gasteiger partial charge in [-0.2, -0.15) is 0 Å². The van der Waals surface area contributed by atoms with Gasteiger partial charge in [0.15, 0.2) is 0 Å². The molecule has 0 radical (unpaired) electrons. The highest BCUT2D eigenvalue weighted by Gasteiger charge is 2.28. The molecule has 0 unspecified atom stereocenters. The van der Waals surface area contributed by atoms with Crippen molar-refractivity contribution in [3.63, 3.8) is 0 Å².